The van der Waals surface area contributed by atoms with Gasteiger partial charge >= 0.3 is 0 Å². The third kappa shape index (κ3) is 2.83. The highest BCUT2D eigenvalue weighted by atomic mass is 79.9. The van der Waals surface area contributed by atoms with Crippen LogP contribution in [-0.2, 0) is 20.8 Å². The monoisotopic (exact) mass is 385 g/mol. The first-order valence-corrected chi connectivity index (χ1v) is 9.18. The van der Waals surface area contributed by atoms with Gasteiger partial charge in [0.2, 0.25) is 5.78 Å². The summed E-state index contributed by atoms with van der Waals surface area (Å²) in [6, 6.07) is 6.95. The normalized spacial score (nSPS) is 23.5. The number of benzene rings is 1. The molecule has 3 rings (SSSR count). The Hall–Kier alpha value is -0.860. The molecule has 0 saturated heterocycles. The molecule has 0 radical (unpaired) electrons. The van der Waals surface area contributed by atoms with Crippen molar-refractivity contribution in [1.29, 1.82) is 0 Å². The van der Waals surface area contributed by atoms with Crippen molar-refractivity contribution in [2.75, 3.05) is 13.4 Å². The molecule has 1 aliphatic heterocycles. The zero-order valence-corrected chi connectivity index (χ0v) is 14.6. The first-order chi connectivity index (χ1) is 10.5. The highest BCUT2D eigenvalue weighted by molar-refractivity contribution is 9.07. The van der Waals surface area contributed by atoms with Crippen LogP contribution >= 0.6 is 16.1 Å². The Morgan fingerprint density at radius 2 is 2.14 bits per heavy atom. The Morgan fingerprint density at radius 1 is 1.45 bits per heavy atom. The largest absolute Gasteiger partial charge is 0.612 e. The Kier molecular flexibility index (Phi) is 4.61. The van der Waals surface area contributed by atoms with Gasteiger partial charge in [0, 0.05) is 13.0 Å². The van der Waals surface area contributed by atoms with Gasteiger partial charge in [-0.1, -0.05) is 12.1 Å². The molecule has 5 nitrogen and oxygen atoms in total. The van der Waals surface area contributed by atoms with E-state index in [1.54, 1.807) is 30.5 Å². The minimum atomic E-state index is -1.24. The van der Waals surface area contributed by atoms with Crippen molar-refractivity contribution < 1.29 is 18.9 Å². The molecule has 0 N–H and O–H groups in total. The minimum absolute atomic E-state index is 0.193. The minimum Gasteiger partial charge on any atom is -0.612 e. The second-order valence-electron chi connectivity index (χ2n) is 5.28. The van der Waals surface area contributed by atoms with E-state index in [1.807, 2.05) is 0 Å². The molecule has 2 unspecified atom stereocenters. The van der Waals surface area contributed by atoms with Gasteiger partial charge < -0.3 is 14.1 Å². The summed E-state index contributed by atoms with van der Waals surface area (Å²) in [5, 5.41) is 0. The number of methoxy groups -OCH3 is 1. The van der Waals surface area contributed by atoms with Crippen LogP contribution in [-0.4, -0.2) is 34.0 Å². The molecule has 2 atom stereocenters. The molecule has 1 heterocycles. The molecule has 2 aliphatic rings. The van der Waals surface area contributed by atoms with E-state index in [2.05, 4.69) is 16.1 Å². The van der Waals surface area contributed by atoms with Gasteiger partial charge in [0.1, 0.15) is 12.0 Å². The predicted octanol–water partition coefficient (Wildman–Crippen LogP) is 2.80. The van der Waals surface area contributed by atoms with Crippen molar-refractivity contribution in [1.82, 2.24) is 4.09 Å². The summed E-state index contributed by atoms with van der Waals surface area (Å²) >= 11 is 2.02. The highest BCUT2D eigenvalue weighted by Gasteiger charge is 2.45. The fourth-order valence-corrected chi connectivity index (χ4v) is 3.80. The predicted molar refractivity (Wildman–Crippen MR) is 85.5 cm³/mol. The van der Waals surface area contributed by atoms with Crippen LogP contribution in [0.25, 0.3) is 0 Å². The van der Waals surface area contributed by atoms with Crippen LogP contribution in [0.4, 0.5) is 0 Å². The smallest absolute Gasteiger partial charge is 0.201 e. The number of hydrogen-bond donors (Lipinski definition) is 0. The molecule has 0 bridgehead atoms. The summed E-state index contributed by atoms with van der Waals surface area (Å²) in [5.74, 6) is 0.727. The second-order valence-corrected chi connectivity index (χ2v) is 7.33. The summed E-state index contributed by atoms with van der Waals surface area (Å²) in [6.45, 7) is 0. The first kappa shape index (κ1) is 16.0. The third-order valence-electron chi connectivity index (χ3n) is 3.74. The molecule has 7 heteroatoms. The number of halogens is 1. The number of rotatable bonds is 5. The quantitative estimate of drug-likeness (QED) is 0.443. The van der Waals surface area contributed by atoms with Crippen LogP contribution in [0, 0.1) is 5.92 Å². The molecule has 1 aliphatic carbocycles. The highest BCUT2D eigenvalue weighted by Crippen LogP contribution is 2.45. The molecular weight excluding hydrogens is 370 g/mol. The molecule has 1 aromatic rings. The van der Waals surface area contributed by atoms with E-state index in [0.29, 0.717) is 21.8 Å². The maximum atomic E-state index is 13.0. The second kappa shape index (κ2) is 6.33. The Morgan fingerprint density at radius 3 is 2.73 bits per heavy atom. The summed E-state index contributed by atoms with van der Waals surface area (Å²) in [6.07, 6.45) is 2.97. The fraction of sp³-hybridized carbons (Fsp3) is 0.400. The molecule has 0 spiro atoms. The number of Topliss-reactive ketones (excluding diaryl/α,β-unsaturated/α-hetero) is 1. The van der Waals surface area contributed by atoms with Crippen molar-refractivity contribution in [3.8, 4) is 0 Å². The molecule has 1 fully saturated rings. The number of carbonyl (C=O) groups is 1. The zero-order chi connectivity index (χ0) is 15.9. The van der Waals surface area contributed by atoms with E-state index < -0.39 is 17.4 Å². The van der Waals surface area contributed by atoms with E-state index >= 15 is 0 Å². The lowest BCUT2D eigenvalue weighted by atomic mass is 10.00. The van der Waals surface area contributed by atoms with Crippen molar-refractivity contribution in [3.63, 3.8) is 0 Å². The van der Waals surface area contributed by atoms with E-state index in [0.717, 1.165) is 12.8 Å². The van der Waals surface area contributed by atoms with Crippen LogP contribution in [0.5, 0.6) is 0 Å². The van der Waals surface area contributed by atoms with Crippen molar-refractivity contribution in [2.24, 2.45) is 5.92 Å². The van der Waals surface area contributed by atoms with Crippen molar-refractivity contribution in [2.45, 2.75) is 24.0 Å². The lowest BCUT2D eigenvalue weighted by molar-refractivity contribution is -0.0971. The Labute approximate surface area is 140 Å². The molecule has 1 saturated carbocycles. The van der Waals surface area contributed by atoms with Gasteiger partial charge in [0.25, 0.3) is 0 Å². The van der Waals surface area contributed by atoms with Gasteiger partial charge in [-0.2, -0.15) is 0 Å². The average molecular weight is 386 g/mol. The summed E-state index contributed by atoms with van der Waals surface area (Å²) < 4.78 is 18.7. The Bertz CT molecular complexity index is 630. The molecule has 1 aromatic carbocycles. The van der Waals surface area contributed by atoms with Crippen LogP contribution in [0.1, 0.15) is 23.2 Å². The number of hydrogen-bond acceptors (Lipinski definition) is 5. The van der Waals surface area contributed by atoms with E-state index in [4.69, 9.17) is 9.57 Å². The summed E-state index contributed by atoms with van der Waals surface area (Å²) in [4.78, 5) is 19.2. The number of nitrogens with zero attached hydrogens (tertiary/aromatic N) is 1. The van der Waals surface area contributed by atoms with Crippen LogP contribution in [0.15, 0.2) is 40.5 Å². The molecule has 0 aromatic heterocycles. The number of carbonyl (C=O) groups excluding carboxylic acids is 1. The number of hydroxylamine groups is 1. The van der Waals surface area contributed by atoms with Gasteiger partial charge in [0.15, 0.2) is 11.1 Å². The van der Waals surface area contributed by atoms with Gasteiger partial charge in [0.05, 0.1) is 27.3 Å². The van der Waals surface area contributed by atoms with Crippen molar-refractivity contribution >= 4 is 33.1 Å². The van der Waals surface area contributed by atoms with Crippen LogP contribution in [0.3, 0.4) is 0 Å². The number of allylic oxidation sites excluding steroid dienone is 1. The first-order valence-electron chi connectivity index (χ1n) is 6.91. The standard InChI is InChI=1S/C15H16BrNO4S/c1-20-15-12(14(9-7-8-9)21-17(15)16)13(18)10-5-3-4-6-11(10)22(2)19/h3-6,9,15H,7-8H2,1-2H3. The van der Waals surface area contributed by atoms with E-state index in [1.165, 1.54) is 11.2 Å². The van der Waals surface area contributed by atoms with Gasteiger partial charge in [-0.05, 0) is 40.2 Å². The van der Waals surface area contributed by atoms with Crippen LogP contribution < -0.4 is 0 Å². The maximum absolute atomic E-state index is 13.0. The van der Waals surface area contributed by atoms with Gasteiger partial charge in [-0.3, -0.25) is 4.79 Å². The number of ketones is 1. The maximum Gasteiger partial charge on any atom is 0.201 e. The molecular formula is C15H16BrNO4S. The fourth-order valence-electron chi connectivity index (χ4n) is 2.53. The SMILES string of the molecule is COC1C(C(=O)c2ccccc2[S+](C)[O-])=C(C2CC2)ON1Br. The lowest BCUT2D eigenvalue weighted by Crippen LogP contribution is -2.27. The zero-order valence-electron chi connectivity index (χ0n) is 12.2. The van der Waals surface area contributed by atoms with Crippen molar-refractivity contribution in [3.05, 3.63) is 41.2 Å². The van der Waals surface area contributed by atoms with Crippen LogP contribution in [0.2, 0.25) is 0 Å². The molecule has 118 valence electrons. The van der Waals surface area contributed by atoms with Gasteiger partial charge in [-0.15, -0.1) is 0 Å². The molecule has 22 heavy (non-hydrogen) atoms. The average Bonchev–Trinajstić information content (AvgIpc) is 3.30. The van der Waals surface area contributed by atoms with E-state index in [-0.39, 0.29) is 11.7 Å². The topological polar surface area (TPSA) is 61.8 Å². The number of ether oxygens (including phenoxy) is 1. The van der Waals surface area contributed by atoms with E-state index in [9.17, 15) is 9.35 Å². The molecule has 0 amide bonds. The third-order valence-corrected chi connectivity index (χ3v) is 5.23. The summed E-state index contributed by atoms with van der Waals surface area (Å²) in [7, 11) is 1.52. The Balaban J connectivity index is 2.04. The lowest BCUT2D eigenvalue weighted by Gasteiger charge is -2.16. The van der Waals surface area contributed by atoms with Gasteiger partial charge in [-0.25, -0.2) is 0 Å². The summed E-state index contributed by atoms with van der Waals surface area (Å²) in [5.41, 5.74) is 0.921.